The van der Waals surface area contributed by atoms with Gasteiger partial charge in [-0.25, -0.2) is 9.97 Å². The van der Waals surface area contributed by atoms with E-state index in [0.29, 0.717) is 13.1 Å². The van der Waals surface area contributed by atoms with Gasteiger partial charge in [0.25, 0.3) is 0 Å². The van der Waals surface area contributed by atoms with Crippen molar-refractivity contribution >= 4 is 33.3 Å². The van der Waals surface area contributed by atoms with Crippen LogP contribution in [0.25, 0.3) is 10.2 Å². The number of anilines is 1. The summed E-state index contributed by atoms with van der Waals surface area (Å²) in [4.78, 5) is 27.5. The largest absolute Gasteiger partial charge is 0.355 e. The summed E-state index contributed by atoms with van der Waals surface area (Å²) in [6, 6.07) is 0. The van der Waals surface area contributed by atoms with Crippen LogP contribution in [0.5, 0.6) is 0 Å². The van der Waals surface area contributed by atoms with Crippen LogP contribution in [0.2, 0.25) is 0 Å². The van der Waals surface area contributed by atoms with Crippen molar-refractivity contribution < 1.29 is 4.79 Å². The Morgan fingerprint density at radius 2 is 2.00 bits per heavy atom. The molecule has 0 spiro atoms. The van der Waals surface area contributed by atoms with Crippen molar-refractivity contribution in [3.05, 3.63) is 16.8 Å². The molecule has 2 aromatic rings. The fourth-order valence-electron chi connectivity index (χ4n) is 2.98. The molecule has 0 saturated carbocycles. The number of amides is 1. The molecule has 0 radical (unpaired) electrons. The van der Waals surface area contributed by atoms with E-state index in [4.69, 9.17) is 0 Å². The van der Waals surface area contributed by atoms with Gasteiger partial charge in [-0.15, -0.1) is 11.3 Å². The van der Waals surface area contributed by atoms with Crippen molar-refractivity contribution in [2.24, 2.45) is 0 Å². The third-order valence-corrected chi connectivity index (χ3v) is 5.47. The Morgan fingerprint density at radius 1 is 1.26 bits per heavy atom. The number of hydrogen-bond donors (Lipinski definition) is 1. The number of thiophene rings is 1. The molecular formula is C16H23N5OS. The Hall–Kier alpha value is -1.73. The summed E-state index contributed by atoms with van der Waals surface area (Å²) in [7, 11) is 0. The zero-order valence-corrected chi connectivity index (χ0v) is 14.7. The number of carbonyl (C=O) groups excluding carboxylic acids is 1. The summed E-state index contributed by atoms with van der Waals surface area (Å²) in [5, 5.41) is 4.04. The van der Waals surface area contributed by atoms with Gasteiger partial charge < -0.3 is 10.2 Å². The fourth-order valence-corrected chi connectivity index (χ4v) is 3.97. The average Bonchev–Trinajstić information content (AvgIpc) is 2.83. The number of nitrogens with zero attached hydrogens (tertiary/aromatic N) is 4. The van der Waals surface area contributed by atoms with Gasteiger partial charge in [-0.05, 0) is 26.3 Å². The molecule has 23 heavy (non-hydrogen) atoms. The van der Waals surface area contributed by atoms with Crippen LogP contribution >= 0.6 is 11.3 Å². The van der Waals surface area contributed by atoms with Crippen LogP contribution in [0.4, 0.5) is 5.82 Å². The molecule has 1 aliphatic heterocycles. The first-order valence-electron chi connectivity index (χ1n) is 8.04. The highest BCUT2D eigenvalue weighted by Gasteiger charge is 2.22. The number of nitrogens with one attached hydrogen (secondary N) is 1. The maximum absolute atomic E-state index is 11.7. The monoisotopic (exact) mass is 333 g/mol. The SMILES string of the molecule is CCNC(=O)CN1CCN(c2ncnc3sc(C)c(C)c23)CC1. The number of fused-ring (bicyclic) bond motifs is 1. The molecule has 1 fully saturated rings. The van der Waals surface area contributed by atoms with Gasteiger partial charge in [0.2, 0.25) is 5.91 Å². The molecule has 0 aliphatic carbocycles. The van der Waals surface area contributed by atoms with Gasteiger partial charge in [-0.3, -0.25) is 9.69 Å². The van der Waals surface area contributed by atoms with Gasteiger partial charge >= 0.3 is 0 Å². The van der Waals surface area contributed by atoms with E-state index in [9.17, 15) is 4.79 Å². The van der Waals surface area contributed by atoms with E-state index in [0.717, 1.165) is 36.8 Å². The number of carbonyl (C=O) groups is 1. The molecule has 0 unspecified atom stereocenters. The predicted octanol–water partition coefficient (Wildman–Crippen LogP) is 1.57. The molecule has 0 aromatic carbocycles. The normalized spacial score (nSPS) is 16.0. The maximum Gasteiger partial charge on any atom is 0.234 e. The van der Waals surface area contributed by atoms with E-state index in [1.807, 2.05) is 6.92 Å². The molecule has 0 bridgehead atoms. The Labute approximate surface area is 140 Å². The average molecular weight is 333 g/mol. The van der Waals surface area contributed by atoms with Gasteiger partial charge in [0.05, 0.1) is 11.9 Å². The van der Waals surface area contributed by atoms with Crippen molar-refractivity contribution in [2.45, 2.75) is 20.8 Å². The van der Waals surface area contributed by atoms with Crippen molar-refractivity contribution in [2.75, 3.05) is 44.2 Å². The van der Waals surface area contributed by atoms with E-state index in [-0.39, 0.29) is 5.91 Å². The van der Waals surface area contributed by atoms with E-state index in [1.165, 1.54) is 15.8 Å². The number of piperazine rings is 1. The third kappa shape index (κ3) is 3.30. The lowest BCUT2D eigenvalue weighted by Gasteiger charge is -2.35. The number of likely N-dealkylation sites (N-methyl/N-ethyl adjacent to an activating group) is 1. The van der Waals surface area contributed by atoms with Gasteiger partial charge in [0, 0.05) is 37.6 Å². The second-order valence-electron chi connectivity index (χ2n) is 5.88. The van der Waals surface area contributed by atoms with Crippen LogP contribution in [0.15, 0.2) is 6.33 Å². The number of rotatable bonds is 4. The van der Waals surface area contributed by atoms with Crippen LogP contribution in [0, 0.1) is 13.8 Å². The number of aromatic nitrogens is 2. The summed E-state index contributed by atoms with van der Waals surface area (Å²) < 4.78 is 0. The second-order valence-corrected chi connectivity index (χ2v) is 7.08. The van der Waals surface area contributed by atoms with Crippen LogP contribution in [0.3, 0.4) is 0 Å². The van der Waals surface area contributed by atoms with E-state index in [1.54, 1.807) is 17.7 Å². The maximum atomic E-state index is 11.7. The third-order valence-electron chi connectivity index (χ3n) is 4.36. The predicted molar refractivity (Wildman–Crippen MR) is 94.2 cm³/mol. The van der Waals surface area contributed by atoms with E-state index < -0.39 is 0 Å². The molecule has 124 valence electrons. The molecule has 6 nitrogen and oxygen atoms in total. The summed E-state index contributed by atoms with van der Waals surface area (Å²) >= 11 is 1.73. The molecule has 3 heterocycles. The van der Waals surface area contributed by atoms with Crippen molar-refractivity contribution in [3.63, 3.8) is 0 Å². The topological polar surface area (TPSA) is 61.4 Å². The van der Waals surface area contributed by atoms with Gasteiger partial charge in [0.1, 0.15) is 17.0 Å². The highest BCUT2D eigenvalue weighted by Crippen LogP contribution is 2.34. The second kappa shape index (κ2) is 6.80. The molecule has 7 heteroatoms. The summed E-state index contributed by atoms with van der Waals surface area (Å²) in [5.41, 5.74) is 1.28. The van der Waals surface area contributed by atoms with Crippen molar-refractivity contribution in [1.29, 1.82) is 0 Å². The molecular weight excluding hydrogens is 310 g/mol. The molecule has 0 atom stereocenters. The van der Waals surface area contributed by atoms with E-state index in [2.05, 4.69) is 38.9 Å². The number of hydrogen-bond acceptors (Lipinski definition) is 6. The lowest BCUT2D eigenvalue weighted by molar-refractivity contribution is -0.122. The van der Waals surface area contributed by atoms with Crippen LogP contribution < -0.4 is 10.2 Å². The van der Waals surface area contributed by atoms with Crippen molar-refractivity contribution in [3.8, 4) is 0 Å². The smallest absolute Gasteiger partial charge is 0.234 e. The minimum Gasteiger partial charge on any atom is -0.355 e. The summed E-state index contributed by atoms with van der Waals surface area (Å²) in [5.74, 6) is 1.14. The Bertz CT molecular complexity index is 706. The standard InChI is InChI=1S/C16H23N5OS/c1-4-17-13(22)9-20-5-7-21(8-6-20)15-14-11(2)12(3)23-16(14)19-10-18-15/h10H,4-9H2,1-3H3,(H,17,22). The van der Waals surface area contributed by atoms with Gasteiger partial charge in [-0.1, -0.05) is 0 Å². The van der Waals surface area contributed by atoms with Crippen LogP contribution in [-0.4, -0.2) is 60.0 Å². The van der Waals surface area contributed by atoms with Gasteiger partial charge in [-0.2, -0.15) is 0 Å². The highest BCUT2D eigenvalue weighted by atomic mass is 32.1. The van der Waals surface area contributed by atoms with Gasteiger partial charge in [0.15, 0.2) is 0 Å². The Morgan fingerprint density at radius 3 is 2.70 bits per heavy atom. The Balaban J connectivity index is 1.72. The first-order valence-corrected chi connectivity index (χ1v) is 8.86. The Kier molecular flexibility index (Phi) is 4.77. The first kappa shape index (κ1) is 16.1. The van der Waals surface area contributed by atoms with E-state index >= 15 is 0 Å². The molecule has 2 aromatic heterocycles. The van der Waals surface area contributed by atoms with Crippen molar-refractivity contribution in [1.82, 2.24) is 20.2 Å². The molecule has 1 aliphatic rings. The summed E-state index contributed by atoms with van der Waals surface area (Å²) in [6.07, 6.45) is 1.66. The minimum absolute atomic E-state index is 0.106. The minimum atomic E-state index is 0.106. The molecule has 3 rings (SSSR count). The highest BCUT2D eigenvalue weighted by molar-refractivity contribution is 7.18. The molecule has 1 saturated heterocycles. The molecule has 1 N–H and O–H groups in total. The summed E-state index contributed by atoms with van der Waals surface area (Å²) in [6.45, 7) is 10.9. The van der Waals surface area contributed by atoms with Crippen LogP contribution in [-0.2, 0) is 4.79 Å². The molecule has 1 amide bonds. The zero-order chi connectivity index (χ0) is 16.4. The lowest BCUT2D eigenvalue weighted by Crippen LogP contribution is -2.49. The number of aryl methyl sites for hydroxylation is 2. The lowest BCUT2D eigenvalue weighted by atomic mass is 10.2. The first-order chi connectivity index (χ1) is 11.1. The zero-order valence-electron chi connectivity index (χ0n) is 13.9. The van der Waals surface area contributed by atoms with Crippen LogP contribution in [0.1, 0.15) is 17.4 Å². The fraction of sp³-hybridized carbons (Fsp3) is 0.562. The quantitative estimate of drug-likeness (QED) is 0.920.